The number of rotatable bonds is 22. The molecule has 0 amide bonds. The molecule has 0 aromatic heterocycles. The molecule has 0 aliphatic carbocycles. The van der Waals surface area contributed by atoms with E-state index in [0.29, 0.717) is 6.61 Å². The number of hydrogen-bond donors (Lipinski definition) is 3. The van der Waals surface area contributed by atoms with Gasteiger partial charge in [-0.1, -0.05) is 77.6 Å². The minimum absolute atomic E-state index is 0.0580. The van der Waals surface area contributed by atoms with Crippen LogP contribution in [0.4, 0.5) is 0 Å². The van der Waals surface area contributed by atoms with Crippen molar-refractivity contribution in [2.75, 3.05) is 13.2 Å². The largest absolute Gasteiger partial charge is 0.480 e. The van der Waals surface area contributed by atoms with Crippen molar-refractivity contribution in [3.8, 4) is 0 Å². The summed E-state index contributed by atoms with van der Waals surface area (Å²) in [4.78, 5) is 32.0. The second-order valence-corrected chi connectivity index (χ2v) is 9.60. The molecule has 0 aliphatic rings. The molecular weight excluding hydrogens is 437 g/mol. The quantitative estimate of drug-likeness (QED) is 0.111. The highest BCUT2D eigenvalue weighted by atomic mass is 31.2. The zero-order valence-electron chi connectivity index (χ0n) is 19.8. The molecule has 0 saturated heterocycles. The predicted octanol–water partition coefficient (Wildman–Crippen LogP) is 4.94. The lowest BCUT2D eigenvalue weighted by Gasteiger charge is -2.19. The first-order chi connectivity index (χ1) is 15.2. The van der Waals surface area contributed by atoms with Crippen LogP contribution in [0, 0.1) is 0 Å². The molecule has 10 heteroatoms. The Morgan fingerprint density at radius 1 is 0.875 bits per heavy atom. The lowest BCUT2D eigenvalue weighted by atomic mass is 10.1. The van der Waals surface area contributed by atoms with Crippen LogP contribution in [0.1, 0.15) is 104 Å². The first-order valence-electron chi connectivity index (χ1n) is 12.0. The number of unbranched alkanes of at least 4 members (excludes halogenated alkanes) is 11. The first-order valence-corrected chi connectivity index (χ1v) is 13.5. The zero-order valence-corrected chi connectivity index (χ0v) is 20.7. The van der Waals surface area contributed by atoms with Crippen molar-refractivity contribution in [1.82, 2.24) is 0 Å². The molecule has 0 bridgehead atoms. The van der Waals surface area contributed by atoms with E-state index in [1.807, 2.05) is 0 Å². The van der Waals surface area contributed by atoms with Gasteiger partial charge in [0.2, 0.25) is 0 Å². The number of carbonyl (C=O) groups excluding carboxylic acids is 1. The molecule has 0 aromatic rings. The number of phosphoric ester groups is 1. The lowest BCUT2D eigenvalue weighted by molar-refractivity contribution is -0.144. The van der Waals surface area contributed by atoms with Gasteiger partial charge in [-0.2, -0.15) is 0 Å². The zero-order chi connectivity index (χ0) is 24.2. The summed E-state index contributed by atoms with van der Waals surface area (Å²) < 4.78 is 26.3. The van der Waals surface area contributed by atoms with E-state index in [1.54, 1.807) is 0 Å². The van der Waals surface area contributed by atoms with Gasteiger partial charge in [-0.05, 0) is 19.8 Å². The molecule has 0 heterocycles. The van der Waals surface area contributed by atoms with E-state index < -0.39 is 25.9 Å². The van der Waals surface area contributed by atoms with Crippen LogP contribution in [0.15, 0.2) is 0 Å². The number of hydrogen-bond acceptors (Lipinski definition) is 7. The summed E-state index contributed by atoms with van der Waals surface area (Å²) in [5.41, 5.74) is 5.31. The van der Waals surface area contributed by atoms with Gasteiger partial charge in [0.15, 0.2) is 0 Å². The highest BCUT2D eigenvalue weighted by Gasteiger charge is 2.30. The van der Waals surface area contributed by atoms with Gasteiger partial charge in [0.25, 0.3) is 0 Å². The van der Waals surface area contributed by atoms with Crippen molar-refractivity contribution in [3.05, 3.63) is 0 Å². The van der Waals surface area contributed by atoms with Crippen LogP contribution in [-0.2, 0) is 27.9 Å². The average molecular weight is 482 g/mol. The van der Waals surface area contributed by atoms with Gasteiger partial charge in [-0.3, -0.25) is 18.6 Å². The van der Waals surface area contributed by atoms with Gasteiger partial charge in [-0.25, -0.2) is 4.57 Å². The van der Waals surface area contributed by atoms with Crippen LogP contribution in [0.5, 0.6) is 0 Å². The van der Waals surface area contributed by atoms with Gasteiger partial charge in [0.1, 0.15) is 6.04 Å². The summed E-state index contributed by atoms with van der Waals surface area (Å²) in [6.45, 7) is 3.68. The van der Waals surface area contributed by atoms with E-state index >= 15 is 0 Å². The van der Waals surface area contributed by atoms with E-state index in [0.717, 1.165) is 19.3 Å². The van der Waals surface area contributed by atoms with E-state index in [9.17, 15) is 19.0 Å². The van der Waals surface area contributed by atoms with Crippen molar-refractivity contribution < 1.29 is 37.9 Å². The summed E-state index contributed by atoms with van der Waals surface area (Å²) in [6.07, 6.45) is 13.9. The van der Waals surface area contributed by atoms with Gasteiger partial charge in [0.05, 0.1) is 19.3 Å². The maximum absolute atomic E-state index is 11.8. The van der Waals surface area contributed by atoms with Gasteiger partial charge >= 0.3 is 19.8 Å². The molecule has 3 atom stereocenters. The van der Waals surface area contributed by atoms with Crippen molar-refractivity contribution in [2.45, 2.75) is 116 Å². The third-order valence-corrected chi connectivity index (χ3v) is 6.24. The molecule has 4 N–H and O–H groups in total. The van der Waals surface area contributed by atoms with Crippen LogP contribution in [-0.4, -0.2) is 47.3 Å². The standard InChI is InChI=1S/C22H44NO8P/c1-3-4-5-6-7-8-9-10-11-12-13-14-17-29-20(24)16-15-18-30-32(27,28)31-19(2)21(23)22(25)26/h19,21H,3-18,23H2,1-2H3,(H,25,26)(H,27,28)/t19-,21+/m1/s1. The van der Waals surface area contributed by atoms with Crippen molar-refractivity contribution in [1.29, 1.82) is 0 Å². The van der Waals surface area contributed by atoms with Gasteiger partial charge in [0, 0.05) is 6.42 Å². The summed E-state index contributed by atoms with van der Waals surface area (Å²) >= 11 is 0. The number of ether oxygens (including phenoxy) is 1. The Morgan fingerprint density at radius 3 is 1.88 bits per heavy atom. The van der Waals surface area contributed by atoms with E-state index in [2.05, 4.69) is 11.4 Å². The molecule has 0 aliphatic heterocycles. The van der Waals surface area contributed by atoms with Crippen molar-refractivity contribution in [2.24, 2.45) is 5.73 Å². The van der Waals surface area contributed by atoms with E-state index in [-0.39, 0.29) is 25.4 Å². The molecule has 0 spiro atoms. The monoisotopic (exact) mass is 481 g/mol. The Kier molecular flexibility index (Phi) is 18.9. The third kappa shape index (κ3) is 18.6. The number of carboxylic acids is 1. The molecule has 9 nitrogen and oxygen atoms in total. The fraction of sp³-hybridized carbons (Fsp3) is 0.909. The fourth-order valence-corrected chi connectivity index (χ4v) is 4.08. The molecule has 0 aromatic carbocycles. The van der Waals surface area contributed by atoms with Crippen LogP contribution in [0.25, 0.3) is 0 Å². The molecular formula is C22H44NO8P. The number of esters is 1. The smallest absolute Gasteiger partial charge is 0.472 e. The van der Waals surface area contributed by atoms with Crippen LogP contribution in [0.3, 0.4) is 0 Å². The number of phosphoric acid groups is 1. The molecule has 190 valence electrons. The maximum atomic E-state index is 11.8. The van der Waals surface area contributed by atoms with E-state index in [1.165, 1.54) is 64.7 Å². The van der Waals surface area contributed by atoms with Crippen LogP contribution < -0.4 is 5.73 Å². The number of carboxylic acid groups (broad SMARTS) is 1. The molecule has 0 saturated carbocycles. The lowest BCUT2D eigenvalue weighted by Crippen LogP contribution is -2.41. The Hall–Kier alpha value is -0.990. The van der Waals surface area contributed by atoms with Crippen LogP contribution >= 0.6 is 7.82 Å². The number of carbonyl (C=O) groups is 2. The predicted molar refractivity (Wildman–Crippen MR) is 123 cm³/mol. The second kappa shape index (κ2) is 19.5. The Morgan fingerprint density at radius 2 is 1.38 bits per heavy atom. The normalized spacial score (nSPS) is 15.1. The fourth-order valence-electron chi connectivity index (χ4n) is 3.10. The summed E-state index contributed by atoms with van der Waals surface area (Å²) in [5.74, 6) is -1.74. The molecule has 0 radical (unpaired) electrons. The SMILES string of the molecule is CCCCCCCCCCCCCCOC(=O)CCCOP(=O)(O)O[C@H](C)[C@H](N)C(=O)O. The van der Waals surface area contributed by atoms with Crippen molar-refractivity contribution >= 4 is 19.8 Å². The maximum Gasteiger partial charge on any atom is 0.472 e. The minimum Gasteiger partial charge on any atom is -0.480 e. The molecule has 32 heavy (non-hydrogen) atoms. The topological polar surface area (TPSA) is 145 Å². The third-order valence-electron chi connectivity index (χ3n) is 5.13. The Balaban J connectivity index is 3.57. The number of aliphatic carboxylic acids is 1. The van der Waals surface area contributed by atoms with Crippen LogP contribution in [0.2, 0.25) is 0 Å². The molecule has 0 fully saturated rings. The number of nitrogens with two attached hydrogens (primary N) is 1. The average Bonchev–Trinajstić information content (AvgIpc) is 2.73. The Bertz CT molecular complexity index is 546. The van der Waals surface area contributed by atoms with E-state index in [4.69, 9.17) is 20.1 Å². The molecule has 0 rings (SSSR count). The molecule has 1 unspecified atom stereocenters. The summed E-state index contributed by atoms with van der Waals surface area (Å²) in [7, 11) is -4.45. The highest BCUT2D eigenvalue weighted by Crippen LogP contribution is 2.45. The van der Waals surface area contributed by atoms with Gasteiger partial charge < -0.3 is 20.5 Å². The highest BCUT2D eigenvalue weighted by molar-refractivity contribution is 7.47. The van der Waals surface area contributed by atoms with Gasteiger partial charge in [-0.15, -0.1) is 0 Å². The Labute approximate surface area is 193 Å². The summed E-state index contributed by atoms with van der Waals surface area (Å²) in [6, 6.07) is -1.45. The van der Waals surface area contributed by atoms with Crippen molar-refractivity contribution in [3.63, 3.8) is 0 Å². The second-order valence-electron chi connectivity index (χ2n) is 8.19. The summed E-state index contributed by atoms with van der Waals surface area (Å²) in [5, 5.41) is 8.75. The first kappa shape index (κ1) is 31.0. The minimum atomic E-state index is -4.45.